The summed E-state index contributed by atoms with van der Waals surface area (Å²) >= 11 is 0. The van der Waals surface area contributed by atoms with Crippen LogP contribution >= 0.6 is 0 Å². The molecule has 0 spiro atoms. The summed E-state index contributed by atoms with van der Waals surface area (Å²) in [5.41, 5.74) is 0.275. The van der Waals surface area contributed by atoms with E-state index in [1.807, 2.05) is 0 Å². The van der Waals surface area contributed by atoms with E-state index in [1.54, 1.807) is 6.08 Å². The van der Waals surface area contributed by atoms with Gasteiger partial charge in [-0.15, -0.1) is 0 Å². The molecule has 1 amide bonds. The summed E-state index contributed by atoms with van der Waals surface area (Å²) in [6, 6.07) is -0.325. The van der Waals surface area contributed by atoms with Gasteiger partial charge < -0.3 is 20.4 Å². The van der Waals surface area contributed by atoms with Crippen LogP contribution in [0, 0.1) is 0 Å². The summed E-state index contributed by atoms with van der Waals surface area (Å²) in [4.78, 5) is 22.9. The van der Waals surface area contributed by atoms with Gasteiger partial charge in [0, 0.05) is 19.1 Å². The van der Waals surface area contributed by atoms with Crippen molar-refractivity contribution in [1.82, 2.24) is 10.2 Å². The summed E-state index contributed by atoms with van der Waals surface area (Å²) < 4.78 is 0. The van der Waals surface area contributed by atoms with Crippen LogP contribution in [0.4, 0.5) is 4.79 Å². The maximum atomic E-state index is 10.9. The Morgan fingerprint density at radius 2 is 2.13 bits per heavy atom. The van der Waals surface area contributed by atoms with Crippen molar-refractivity contribution in [2.75, 3.05) is 13.1 Å². The van der Waals surface area contributed by atoms with Gasteiger partial charge in [0.2, 0.25) is 0 Å². The van der Waals surface area contributed by atoms with Crippen LogP contribution in [0.1, 0.15) is 6.42 Å². The van der Waals surface area contributed by atoms with Crippen LogP contribution in [0.5, 0.6) is 0 Å². The molecule has 0 aromatic heterocycles. The Hall–Kier alpha value is -1.56. The first-order chi connectivity index (χ1) is 7.08. The Morgan fingerprint density at radius 3 is 2.73 bits per heavy atom. The lowest BCUT2D eigenvalue weighted by Gasteiger charge is -2.40. The highest BCUT2D eigenvalue weighted by Gasteiger charge is 2.35. The third kappa shape index (κ3) is 1.80. The predicted molar refractivity (Wildman–Crippen MR) is 50.6 cm³/mol. The van der Waals surface area contributed by atoms with E-state index in [9.17, 15) is 9.59 Å². The standard InChI is InChI=1S/C9H12N2O4/c12-8(13)6-2-1-5-3-11(9(14)15)4-7(6)10-5/h2,5,7,10H,1,3-4H2,(H,12,13)(H,14,15). The molecule has 6 heteroatoms. The average molecular weight is 212 g/mol. The van der Waals surface area contributed by atoms with Crippen LogP contribution in [0.2, 0.25) is 0 Å². The van der Waals surface area contributed by atoms with Crippen LogP contribution in [0.25, 0.3) is 0 Å². The Labute approximate surface area is 86.2 Å². The second kappa shape index (κ2) is 3.54. The molecule has 0 aliphatic carbocycles. The number of hydrogen-bond acceptors (Lipinski definition) is 3. The minimum Gasteiger partial charge on any atom is -0.478 e. The topological polar surface area (TPSA) is 89.9 Å². The number of carboxylic acid groups (broad SMARTS) is 2. The molecule has 2 aliphatic rings. The number of nitrogens with zero attached hydrogens (tertiary/aromatic N) is 1. The number of carbonyl (C=O) groups is 2. The molecule has 2 rings (SSSR count). The van der Waals surface area contributed by atoms with Crippen molar-refractivity contribution in [3.05, 3.63) is 11.6 Å². The number of nitrogens with one attached hydrogen (secondary N) is 1. The molecule has 0 radical (unpaired) electrons. The molecule has 0 saturated carbocycles. The highest BCUT2D eigenvalue weighted by Crippen LogP contribution is 2.20. The molecular weight excluding hydrogens is 200 g/mol. The number of rotatable bonds is 1. The number of amides is 1. The number of carboxylic acids is 1. The molecule has 2 aliphatic heterocycles. The molecule has 82 valence electrons. The zero-order chi connectivity index (χ0) is 11.0. The van der Waals surface area contributed by atoms with Crippen molar-refractivity contribution in [2.24, 2.45) is 0 Å². The van der Waals surface area contributed by atoms with Gasteiger partial charge in [0.15, 0.2) is 0 Å². The molecule has 2 bridgehead atoms. The third-order valence-corrected chi connectivity index (χ3v) is 2.80. The van der Waals surface area contributed by atoms with Gasteiger partial charge in [0.25, 0.3) is 0 Å². The first-order valence-electron chi connectivity index (χ1n) is 4.75. The summed E-state index contributed by atoms with van der Waals surface area (Å²) in [6.45, 7) is 0.638. The lowest BCUT2D eigenvalue weighted by molar-refractivity contribution is -0.133. The van der Waals surface area contributed by atoms with Crippen molar-refractivity contribution in [1.29, 1.82) is 0 Å². The smallest absolute Gasteiger partial charge is 0.407 e. The largest absolute Gasteiger partial charge is 0.478 e. The van der Waals surface area contributed by atoms with Crippen molar-refractivity contribution in [3.8, 4) is 0 Å². The van der Waals surface area contributed by atoms with Crippen molar-refractivity contribution < 1.29 is 19.8 Å². The Kier molecular flexibility index (Phi) is 2.36. The predicted octanol–water partition coefficient (Wildman–Crippen LogP) is -0.278. The van der Waals surface area contributed by atoms with Gasteiger partial charge in [-0.25, -0.2) is 9.59 Å². The van der Waals surface area contributed by atoms with E-state index in [2.05, 4.69) is 5.32 Å². The highest BCUT2D eigenvalue weighted by molar-refractivity contribution is 5.88. The summed E-state index contributed by atoms with van der Waals surface area (Å²) in [5.74, 6) is -0.974. The van der Waals surface area contributed by atoms with Crippen LogP contribution in [-0.4, -0.2) is 52.3 Å². The normalized spacial score (nSPS) is 29.6. The quantitative estimate of drug-likeness (QED) is 0.556. The maximum absolute atomic E-state index is 10.9. The minimum atomic E-state index is -0.988. The van der Waals surface area contributed by atoms with E-state index >= 15 is 0 Å². The van der Waals surface area contributed by atoms with Crippen LogP contribution in [-0.2, 0) is 4.79 Å². The fourth-order valence-corrected chi connectivity index (χ4v) is 2.09. The monoisotopic (exact) mass is 212 g/mol. The summed E-state index contributed by atoms with van der Waals surface area (Å²) in [7, 11) is 0. The number of aliphatic carboxylic acids is 1. The van der Waals surface area contributed by atoms with E-state index in [4.69, 9.17) is 10.2 Å². The van der Waals surface area contributed by atoms with Gasteiger partial charge in [-0.05, 0) is 6.42 Å². The zero-order valence-electron chi connectivity index (χ0n) is 8.01. The van der Waals surface area contributed by atoms with E-state index in [0.717, 1.165) is 0 Å². The molecular formula is C9H12N2O4. The fraction of sp³-hybridized carbons (Fsp3) is 0.556. The van der Waals surface area contributed by atoms with Gasteiger partial charge in [-0.1, -0.05) is 6.08 Å². The molecule has 2 unspecified atom stereocenters. The highest BCUT2D eigenvalue weighted by atomic mass is 16.4. The zero-order valence-corrected chi connectivity index (χ0v) is 8.01. The van der Waals surface area contributed by atoms with Gasteiger partial charge in [0.1, 0.15) is 0 Å². The van der Waals surface area contributed by atoms with Gasteiger partial charge in [-0.2, -0.15) is 0 Å². The van der Waals surface area contributed by atoms with Crippen LogP contribution in [0.15, 0.2) is 11.6 Å². The minimum absolute atomic E-state index is 0.0444. The number of fused-ring (bicyclic) bond motifs is 2. The molecule has 1 fully saturated rings. The van der Waals surface area contributed by atoms with Crippen molar-refractivity contribution in [3.63, 3.8) is 0 Å². The van der Waals surface area contributed by atoms with E-state index in [1.165, 1.54) is 4.90 Å². The van der Waals surface area contributed by atoms with E-state index in [0.29, 0.717) is 13.0 Å². The fourth-order valence-electron chi connectivity index (χ4n) is 2.09. The number of piperazine rings is 1. The first kappa shape index (κ1) is 9.97. The average Bonchev–Trinajstić information content (AvgIpc) is 2.16. The summed E-state index contributed by atoms with van der Waals surface area (Å²) in [5, 5.41) is 20.9. The third-order valence-electron chi connectivity index (χ3n) is 2.80. The van der Waals surface area contributed by atoms with Gasteiger partial charge in [-0.3, -0.25) is 0 Å². The molecule has 2 atom stereocenters. The lowest BCUT2D eigenvalue weighted by atomic mass is 9.94. The van der Waals surface area contributed by atoms with E-state index < -0.39 is 12.1 Å². The number of hydrogen-bond donors (Lipinski definition) is 3. The lowest BCUT2D eigenvalue weighted by Crippen LogP contribution is -2.60. The van der Waals surface area contributed by atoms with E-state index in [-0.39, 0.29) is 24.2 Å². The molecule has 15 heavy (non-hydrogen) atoms. The van der Waals surface area contributed by atoms with Crippen LogP contribution in [0.3, 0.4) is 0 Å². The van der Waals surface area contributed by atoms with Gasteiger partial charge >= 0.3 is 12.1 Å². The second-order valence-corrected chi connectivity index (χ2v) is 3.80. The second-order valence-electron chi connectivity index (χ2n) is 3.80. The molecule has 6 nitrogen and oxygen atoms in total. The summed E-state index contributed by atoms with van der Waals surface area (Å²) in [6.07, 6.45) is 1.27. The van der Waals surface area contributed by atoms with Crippen molar-refractivity contribution >= 4 is 12.1 Å². The Bertz CT molecular complexity index is 339. The Morgan fingerprint density at radius 1 is 1.40 bits per heavy atom. The van der Waals surface area contributed by atoms with Gasteiger partial charge in [0.05, 0.1) is 11.6 Å². The molecule has 3 N–H and O–H groups in total. The molecule has 0 aromatic rings. The van der Waals surface area contributed by atoms with Crippen LogP contribution < -0.4 is 5.32 Å². The molecule has 0 aromatic carbocycles. The molecule has 1 saturated heterocycles. The van der Waals surface area contributed by atoms with Crippen molar-refractivity contribution in [2.45, 2.75) is 18.5 Å². The first-order valence-corrected chi connectivity index (χ1v) is 4.75. The SMILES string of the molecule is O=C(O)C1=CCC2CN(C(=O)O)CC1N2. The maximum Gasteiger partial charge on any atom is 0.407 e. The Balaban J connectivity index is 2.17. The molecule has 2 heterocycles.